The van der Waals surface area contributed by atoms with Gasteiger partial charge in [-0.3, -0.25) is 0 Å². The summed E-state index contributed by atoms with van der Waals surface area (Å²) < 4.78 is 38.2. The molecule has 0 aliphatic heterocycles. The summed E-state index contributed by atoms with van der Waals surface area (Å²) in [5, 5.41) is 3.81. The number of aromatic nitrogens is 5. The fourth-order valence-corrected chi connectivity index (χ4v) is 1.10. The number of halogens is 3. The summed E-state index contributed by atoms with van der Waals surface area (Å²) in [7, 11) is 0. The molecule has 0 aliphatic carbocycles. The van der Waals surface area contributed by atoms with Crippen LogP contribution in [-0.4, -0.2) is 24.7 Å². The highest BCUT2D eigenvalue weighted by atomic mass is 19.4. The van der Waals surface area contributed by atoms with Crippen molar-refractivity contribution in [3.05, 3.63) is 30.1 Å². The molecule has 0 aliphatic rings. The van der Waals surface area contributed by atoms with E-state index in [-0.39, 0.29) is 12.5 Å². The molecule has 6 nitrogen and oxygen atoms in total. The van der Waals surface area contributed by atoms with Crippen molar-refractivity contribution < 1.29 is 13.2 Å². The lowest BCUT2D eigenvalue weighted by Gasteiger charge is -2.05. The van der Waals surface area contributed by atoms with E-state index < -0.39 is 11.9 Å². The zero-order valence-electron chi connectivity index (χ0n) is 8.39. The lowest BCUT2D eigenvalue weighted by atomic mass is 10.4. The summed E-state index contributed by atoms with van der Waals surface area (Å²) in [6, 6.07) is 0.782. The second kappa shape index (κ2) is 4.09. The molecule has 2 aromatic heterocycles. The minimum atomic E-state index is -4.52. The van der Waals surface area contributed by atoms with E-state index in [9.17, 15) is 13.2 Å². The van der Waals surface area contributed by atoms with Crippen molar-refractivity contribution in [2.45, 2.75) is 12.7 Å². The molecule has 90 valence electrons. The molecular formula is C8H7F3N6. The first-order valence-electron chi connectivity index (χ1n) is 4.52. The van der Waals surface area contributed by atoms with Crippen LogP contribution < -0.4 is 5.73 Å². The SMILES string of the molecule is NCc1ncn(-c2nccc(C(F)(F)F)n2)n1. The van der Waals surface area contributed by atoms with Gasteiger partial charge in [-0.1, -0.05) is 0 Å². The van der Waals surface area contributed by atoms with Gasteiger partial charge in [-0.25, -0.2) is 15.0 Å². The Balaban J connectivity index is 2.39. The number of hydrogen-bond acceptors (Lipinski definition) is 5. The fourth-order valence-electron chi connectivity index (χ4n) is 1.10. The van der Waals surface area contributed by atoms with Gasteiger partial charge in [-0.05, 0) is 6.07 Å². The van der Waals surface area contributed by atoms with Crippen molar-refractivity contribution in [3.63, 3.8) is 0 Å². The molecule has 0 saturated heterocycles. The van der Waals surface area contributed by atoms with Crippen LogP contribution in [0.25, 0.3) is 5.95 Å². The molecular weight excluding hydrogens is 237 g/mol. The molecule has 17 heavy (non-hydrogen) atoms. The van der Waals surface area contributed by atoms with E-state index in [4.69, 9.17) is 5.73 Å². The van der Waals surface area contributed by atoms with E-state index in [1.54, 1.807) is 0 Å². The number of nitrogens with zero attached hydrogens (tertiary/aromatic N) is 5. The topological polar surface area (TPSA) is 82.5 Å². The Kier molecular flexibility index (Phi) is 2.76. The van der Waals surface area contributed by atoms with Crippen LogP contribution in [0.4, 0.5) is 13.2 Å². The third kappa shape index (κ3) is 2.38. The number of rotatable bonds is 2. The summed E-state index contributed by atoms with van der Waals surface area (Å²) in [4.78, 5) is 10.8. The zero-order chi connectivity index (χ0) is 12.5. The molecule has 2 aromatic rings. The van der Waals surface area contributed by atoms with Crippen LogP contribution in [0.5, 0.6) is 0 Å². The Bertz CT molecular complexity index is 520. The van der Waals surface area contributed by atoms with E-state index in [0.717, 1.165) is 16.9 Å². The van der Waals surface area contributed by atoms with Crippen LogP contribution in [0, 0.1) is 0 Å². The molecule has 0 atom stereocenters. The van der Waals surface area contributed by atoms with E-state index in [1.165, 1.54) is 6.33 Å². The smallest absolute Gasteiger partial charge is 0.324 e. The molecule has 9 heteroatoms. The molecule has 2 rings (SSSR count). The van der Waals surface area contributed by atoms with Crippen LogP contribution in [0.3, 0.4) is 0 Å². The van der Waals surface area contributed by atoms with Gasteiger partial charge in [0.05, 0.1) is 6.54 Å². The van der Waals surface area contributed by atoms with E-state index >= 15 is 0 Å². The van der Waals surface area contributed by atoms with Crippen LogP contribution in [0.15, 0.2) is 18.6 Å². The van der Waals surface area contributed by atoms with Gasteiger partial charge >= 0.3 is 6.18 Å². The van der Waals surface area contributed by atoms with Gasteiger partial charge in [-0.2, -0.15) is 17.9 Å². The summed E-state index contributed by atoms with van der Waals surface area (Å²) in [6.45, 7) is 0.0892. The van der Waals surface area contributed by atoms with E-state index in [1.807, 2.05) is 0 Å². The second-order valence-electron chi connectivity index (χ2n) is 3.05. The van der Waals surface area contributed by atoms with Crippen molar-refractivity contribution in [2.75, 3.05) is 0 Å². The van der Waals surface area contributed by atoms with Crippen molar-refractivity contribution in [1.29, 1.82) is 0 Å². The van der Waals surface area contributed by atoms with Crippen LogP contribution in [0.2, 0.25) is 0 Å². The van der Waals surface area contributed by atoms with Crippen molar-refractivity contribution in [2.24, 2.45) is 5.73 Å². The molecule has 2 N–H and O–H groups in total. The largest absolute Gasteiger partial charge is 0.433 e. The third-order valence-electron chi connectivity index (χ3n) is 1.86. The lowest BCUT2D eigenvalue weighted by molar-refractivity contribution is -0.141. The third-order valence-corrected chi connectivity index (χ3v) is 1.86. The highest BCUT2D eigenvalue weighted by Crippen LogP contribution is 2.27. The van der Waals surface area contributed by atoms with Crippen molar-refractivity contribution in [1.82, 2.24) is 24.7 Å². The predicted octanol–water partition coefficient (Wildman–Crippen LogP) is 0.535. The molecule has 0 radical (unpaired) electrons. The molecule has 0 bridgehead atoms. The number of hydrogen-bond donors (Lipinski definition) is 1. The van der Waals surface area contributed by atoms with Gasteiger partial charge in [-0.15, -0.1) is 5.10 Å². The van der Waals surface area contributed by atoms with E-state index in [2.05, 4.69) is 20.1 Å². The highest BCUT2D eigenvalue weighted by Gasteiger charge is 2.33. The molecule has 0 spiro atoms. The first-order chi connectivity index (χ1) is 8.00. The van der Waals surface area contributed by atoms with Crippen LogP contribution in [0.1, 0.15) is 11.5 Å². The minimum absolute atomic E-state index is 0.0892. The second-order valence-corrected chi connectivity index (χ2v) is 3.05. The first kappa shape index (κ1) is 11.5. The van der Waals surface area contributed by atoms with Crippen molar-refractivity contribution in [3.8, 4) is 5.95 Å². The maximum absolute atomic E-state index is 12.4. The molecule has 0 aromatic carbocycles. The minimum Gasteiger partial charge on any atom is -0.324 e. The van der Waals surface area contributed by atoms with Gasteiger partial charge in [0.15, 0.2) is 5.82 Å². The Labute approximate surface area is 93.3 Å². The molecule has 0 unspecified atom stereocenters. The number of nitrogens with two attached hydrogens (primary N) is 1. The van der Waals surface area contributed by atoms with Gasteiger partial charge in [0.25, 0.3) is 5.95 Å². The van der Waals surface area contributed by atoms with Crippen LogP contribution >= 0.6 is 0 Å². The standard InChI is InChI=1S/C8H7F3N6/c9-8(10,11)5-1-2-13-7(15-5)17-4-14-6(3-12)16-17/h1-2,4H,3,12H2. The van der Waals surface area contributed by atoms with Crippen molar-refractivity contribution >= 4 is 0 Å². The maximum atomic E-state index is 12.4. The molecule has 0 amide bonds. The summed E-state index contributed by atoms with van der Waals surface area (Å²) in [5.41, 5.74) is 4.25. The molecule has 0 fully saturated rings. The Morgan fingerprint density at radius 1 is 1.29 bits per heavy atom. The molecule has 0 saturated carbocycles. The lowest BCUT2D eigenvalue weighted by Crippen LogP contribution is -2.12. The van der Waals surface area contributed by atoms with Gasteiger partial charge in [0, 0.05) is 6.20 Å². The zero-order valence-corrected chi connectivity index (χ0v) is 8.39. The Morgan fingerprint density at radius 3 is 2.65 bits per heavy atom. The van der Waals surface area contributed by atoms with Gasteiger partial charge < -0.3 is 5.73 Å². The first-order valence-corrected chi connectivity index (χ1v) is 4.52. The Hall–Kier alpha value is -2.03. The van der Waals surface area contributed by atoms with E-state index in [0.29, 0.717) is 5.82 Å². The maximum Gasteiger partial charge on any atom is 0.433 e. The Morgan fingerprint density at radius 2 is 2.06 bits per heavy atom. The molecule has 2 heterocycles. The normalized spacial score (nSPS) is 11.8. The monoisotopic (exact) mass is 244 g/mol. The average Bonchev–Trinajstić information content (AvgIpc) is 2.76. The quantitative estimate of drug-likeness (QED) is 0.833. The highest BCUT2D eigenvalue weighted by molar-refractivity contribution is 5.14. The average molecular weight is 244 g/mol. The predicted molar refractivity (Wildman–Crippen MR) is 49.8 cm³/mol. The fraction of sp³-hybridized carbons (Fsp3) is 0.250. The van der Waals surface area contributed by atoms with Gasteiger partial charge in [0.1, 0.15) is 12.0 Å². The summed E-state index contributed by atoms with van der Waals surface area (Å²) >= 11 is 0. The van der Waals surface area contributed by atoms with Crippen LogP contribution in [-0.2, 0) is 12.7 Å². The summed E-state index contributed by atoms with van der Waals surface area (Å²) in [5.74, 6) is 0.0954. The number of alkyl halides is 3. The summed E-state index contributed by atoms with van der Waals surface area (Å²) in [6.07, 6.45) is -2.30. The van der Waals surface area contributed by atoms with Gasteiger partial charge in [0.2, 0.25) is 0 Å².